The van der Waals surface area contributed by atoms with Crippen LogP contribution in [0.1, 0.15) is 20.8 Å². The third-order valence-electron chi connectivity index (χ3n) is 3.56. The van der Waals surface area contributed by atoms with Gasteiger partial charge in [-0.15, -0.1) is 0 Å². The van der Waals surface area contributed by atoms with Crippen molar-refractivity contribution in [2.45, 2.75) is 51.1 Å². The van der Waals surface area contributed by atoms with Crippen LogP contribution in [0.25, 0.3) is 0 Å². The third-order valence-corrected chi connectivity index (χ3v) is 3.56. The van der Waals surface area contributed by atoms with Gasteiger partial charge in [-0.25, -0.2) is 4.98 Å². The molecule has 1 aromatic rings. The number of rotatable bonds is 4. The Bertz CT molecular complexity index is 536. The topological polar surface area (TPSA) is 78.9 Å². The van der Waals surface area contributed by atoms with Crippen molar-refractivity contribution < 1.29 is 23.7 Å². The third kappa shape index (κ3) is 3.21. The average Bonchev–Trinajstić information content (AvgIpc) is 2.92. The molecule has 0 spiro atoms. The second-order valence-corrected chi connectivity index (χ2v) is 5.82. The largest absolute Gasteiger partial charge is 0.463 e. The first-order valence-corrected chi connectivity index (χ1v) is 7.27. The van der Waals surface area contributed by atoms with E-state index in [1.807, 2.05) is 32.0 Å². The van der Waals surface area contributed by atoms with E-state index in [1.54, 1.807) is 6.20 Å². The maximum absolute atomic E-state index is 11.0. The number of nitrogens with zero attached hydrogens (tertiary/aromatic N) is 1. The lowest BCUT2D eigenvalue weighted by atomic mass is 10.1. The maximum atomic E-state index is 11.0. The van der Waals surface area contributed by atoms with Crippen molar-refractivity contribution >= 4 is 11.8 Å². The summed E-state index contributed by atoms with van der Waals surface area (Å²) in [7, 11) is 0. The molecule has 3 rings (SSSR count). The number of aromatic nitrogens is 1. The minimum absolute atomic E-state index is 0.135. The van der Waals surface area contributed by atoms with Gasteiger partial charge in [0.25, 0.3) is 0 Å². The predicted octanol–water partition coefficient (Wildman–Crippen LogP) is 1.30. The number of hydrogen-bond acceptors (Lipinski definition) is 7. The van der Waals surface area contributed by atoms with Crippen LogP contribution in [0.2, 0.25) is 0 Å². The normalized spacial score (nSPS) is 32.5. The minimum atomic E-state index is -0.697. The lowest BCUT2D eigenvalue weighted by Gasteiger charge is -2.24. The standard InChI is InChI=1S/C15H20N2O5/c1-9(18)19-8-10-12-13(22-15(2,3)21-12)14(20-10)17-11-6-4-5-7-16-11/h4-7,10,12-14H,8H2,1-3H3,(H,16,17)/t10-,12-,13-,14?/m1/s1. The Morgan fingerprint density at radius 2 is 2.14 bits per heavy atom. The van der Waals surface area contributed by atoms with E-state index in [0.29, 0.717) is 5.82 Å². The Morgan fingerprint density at radius 1 is 1.36 bits per heavy atom. The van der Waals surface area contributed by atoms with Crippen molar-refractivity contribution in [3.8, 4) is 0 Å². The Kier molecular flexibility index (Phi) is 4.03. The van der Waals surface area contributed by atoms with Gasteiger partial charge in [0, 0.05) is 13.1 Å². The molecule has 2 saturated heterocycles. The lowest BCUT2D eigenvalue weighted by Crippen LogP contribution is -2.35. The summed E-state index contributed by atoms with van der Waals surface area (Å²) >= 11 is 0. The quantitative estimate of drug-likeness (QED) is 0.840. The number of esters is 1. The van der Waals surface area contributed by atoms with E-state index in [1.165, 1.54) is 6.92 Å². The zero-order chi connectivity index (χ0) is 15.7. The Labute approximate surface area is 128 Å². The highest BCUT2D eigenvalue weighted by atomic mass is 16.8. The Hall–Kier alpha value is -1.70. The van der Waals surface area contributed by atoms with E-state index in [9.17, 15) is 4.79 Å². The SMILES string of the molecule is CC(=O)OC[C@H]1OC(Nc2ccccn2)[C@@H]2OC(C)(C)O[C@H]12. The molecule has 0 saturated carbocycles. The first-order valence-electron chi connectivity index (χ1n) is 7.27. The van der Waals surface area contributed by atoms with Crippen LogP contribution in [-0.4, -0.2) is 47.9 Å². The van der Waals surface area contributed by atoms with Crippen molar-refractivity contribution in [2.75, 3.05) is 11.9 Å². The number of ether oxygens (including phenoxy) is 4. The van der Waals surface area contributed by atoms with E-state index in [2.05, 4.69) is 10.3 Å². The number of carbonyl (C=O) groups excluding carboxylic acids is 1. The molecule has 0 bridgehead atoms. The summed E-state index contributed by atoms with van der Waals surface area (Å²) < 4.78 is 22.8. The van der Waals surface area contributed by atoms with Crippen molar-refractivity contribution in [3.05, 3.63) is 24.4 Å². The highest BCUT2D eigenvalue weighted by Gasteiger charge is 2.55. The van der Waals surface area contributed by atoms with Crippen molar-refractivity contribution in [2.24, 2.45) is 0 Å². The predicted molar refractivity (Wildman–Crippen MR) is 77.0 cm³/mol. The van der Waals surface area contributed by atoms with Crippen LogP contribution < -0.4 is 5.32 Å². The number of anilines is 1. The molecule has 2 fully saturated rings. The van der Waals surface area contributed by atoms with Crippen LogP contribution in [0.15, 0.2) is 24.4 Å². The molecule has 2 aliphatic heterocycles. The van der Waals surface area contributed by atoms with E-state index >= 15 is 0 Å². The van der Waals surface area contributed by atoms with Gasteiger partial charge < -0.3 is 24.3 Å². The van der Waals surface area contributed by atoms with Crippen LogP contribution in [-0.2, 0) is 23.7 Å². The van der Waals surface area contributed by atoms with Gasteiger partial charge in [-0.1, -0.05) is 6.07 Å². The molecule has 7 nitrogen and oxygen atoms in total. The van der Waals surface area contributed by atoms with Crippen molar-refractivity contribution in [1.29, 1.82) is 0 Å². The van der Waals surface area contributed by atoms with E-state index < -0.39 is 12.0 Å². The number of carbonyl (C=O) groups is 1. The number of hydrogen-bond donors (Lipinski definition) is 1. The molecule has 0 aliphatic carbocycles. The summed E-state index contributed by atoms with van der Waals surface area (Å²) in [5.74, 6) is -0.357. The van der Waals surface area contributed by atoms with Gasteiger partial charge in [-0.05, 0) is 26.0 Å². The highest BCUT2D eigenvalue weighted by molar-refractivity contribution is 5.65. The van der Waals surface area contributed by atoms with E-state index in [4.69, 9.17) is 18.9 Å². The summed E-state index contributed by atoms with van der Waals surface area (Å²) in [5.41, 5.74) is 0. The smallest absolute Gasteiger partial charge is 0.302 e. The van der Waals surface area contributed by atoms with Gasteiger partial charge in [0.2, 0.25) is 0 Å². The summed E-state index contributed by atoms with van der Waals surface area (Å²) in [4.78, 5) is 15.2. The van der Waals surface area contributed by atoms with Gasteiger partial charge >= 0.3 is 5.97 Å². The molecule has 1 aromatic heterocycles. The zero-order valence-electron chi connectivity index (χ0n) is 12.8. The summed E-state index contributed by atoms with van der Waals surface area (Å²) in [6, 6.07) is 5.57. The molecular weight excluding hydrogens is 288 g/mol. The van der Waals surface area contributed by atoms with Crippen LogP contribution in [0.4, 0.5) is 5.82 Å². The second kappa shape index (κ2) is 5.83. The lowest BCUT2D eigenvalue weighted by molar-refractivity contribution is -0.189. The fourth-order valence-corrected chi connectivity index (χ4v) is 2.73. The van der Waals surface area contributed by atoms with E-state index in [0.717, 1.165) is 0 Å². The van der Waals surface area contributed by atoms with Crippen molar-refractivity contribution in [3.63, 3.8) is 0 Å². The summed E-state index contributed by atoms with van der Waals surface area (Å²) in [6.07, 6.45) is 0.313. The number of pyridine rings is 1. The Morgan fingerprint density at radius 3 is 2.82 bits per heavy atom. The molecule has 0 aromatic carbocycles. The molecule has 22 heavy (non-hydrogen) atoms. The number of fused-ring (bicyclic) bond motifs is 1. The van der Waals surface area contributed by atoms with E-state index in [-0.39, 0.29) is 30.9 Å². The molecule has 0 radical (unpaired) electrons. The zero-order valence-corrected chi connectivity index (χ0v) is 12.8. The van der Waals surface area contributed by atoms with Crippen LogP contribution in [0, 0.1) is 0 Å². The summed E-state index contributed by atoms with van der Waals surface area (Å²) in [5, 5.41) is 3.19. The molecule has 1 unspecified atom stereocenters. The fraction of sp³-hybridized carbons (Fsp3) is 0.600. The minimum Gasteiger partial charge on any atom is -0.463 e. The van der Waals surface area contributed by atoms with Gasteiger partial charge in [0.1, 0.15) is 30.7 Å². The summed E-state index contributed by atoms with van der Waals surface area (Å²) in [6.45, 7) is 5.21. The average molecular weight is 308 g/mol. The van der Waals surface area contributed by atoms with Crippen LogP contribution >= 0.6 is 0 Å². The van der Waals surface area contributed by atoms with Gasteiger partial charge in [-0.2, -0.15) is 0 Å². The first kappa shape index (κ1) is 15.2. The molecule has 120 valence electrons. The Balaban J connectivity index is 1.72. The molecular formula is C15H20N2O5. The maximum Gasteiger partial charge on any atom is 0.302 e. The molecule has 0 amide bonds. The fourth-order valence-electron chi connectivity index (χ4n) is 2.73. The highest BCUT2D eigenvalue weighted by Crippen LogP contribution is 2.38. The first-order chi connectivity index (χ1) is 10.4. The van der Waals surface area contributed by atoms with Gasteiger partial charge in [0.15, 0.2) is 12.0 Å². The van der Waals surface area contributed by atoms with Gasteiger partial charge in [0.05, 0.1) is 0 Å². The molecule has 4 atom stereocenters. The molecule has 1 N–H and O–H groups in total. The van der Waals surface area contributed by atoms with Crippen LogP contribution in [0.3, 0.4) is 0 Å². The van der Waals surface area contributed by atoms with Crippen LogP contribution in [0.5, 0.6) is 0 Å². The van der Waals surface area contributed by atoms with Crippen molar-refractivity contribution in [1.82, 2.24) is 4.98 Å². The second-order valence-electron chi connectivity index (χ2n) is 5.82. The molecule has 3 heterocycles. The molecule has 7 heteroatoms. The molecule has 2 aliphatic rings. The van der Waals surface area contributed by atoms with Gasteiger partial charge in [-0.3, -0.25) is 4.79 Å². The number of nitrogens with one attached hydrogen (secondary N) is 1. The monoisotopic (exact) mass is 308 g/mol.